The minimum atomic E-state index is -1.09. The van der Waals surface area contributed by atoms with Crippen molar-refractivity contribution < 1.29 is 19.2 Å². The summed E-state index contributed by atoms with van der Waals surface area (Å²) < 4.78 is 0. The fraction of sp³-hybridized carbons (Fsp3) is 0.667. The van der Waals surface area contributed by atoms with E-state index < -0.39 is 17.9 Å². The van der Waals surface area contributed by atoms with E-state index in [2.05, 4.69) is 20.2 Å². The number of unbranched alkanes of at least 4 members (excludes halogenated alkanes) is 1. The van der Waals surface area contributed by atoms with E-state index in [4.69, 9.17) is 5.53 Å². The molecule has 0 saturated carbocycles. The summed E-state index contributed by atoms with van der Waals surface area (Å²) in [7, 11) is 0. The van der Waals surface area contributed by atoms with Gasteiger partial charge < -0.3 is 4.84 Å². The minimum absolute atomic E-state index is 0.0415. The zero-order valence-electron chi connectivity index (χ0n) is 9.66. The summed E-state index contributed by atoms with van der Waals surface area (Å²) in [5, 5.41) is 10.3. The SMILES string of the molecule is N=NCCCCN=NC(=O)ON1C(=O)CCC1=O. The number of azo groups is 1. The molecule has 0 aromatic heterocycles. The van der Waals surface area contributed by atoms with Crippen LogP contribution in [0.25, 0.3) is 0 Å². The molecule has 1 heterocycles. The number of rotatable bonds is 6. The van der Waals surface area contributed by atoms with Gasteiger partial charge in [-0.25, -0.2) is 10.3 Å². The quantitative estimate of drug-likeness (QED) is 0.438. The highest BCUT2D eigenvalue weighted by Gasteiger charge is 2.32. The Morgan fingerprint density at radius 1 is 1.22 bits per heavy atom. The Labute approximate surface area is 103 Å². The van der Waals surface area contributed by atoms with Gasteiger partial charge >= 0.3 is 6.09 Å². The summed E-state index contributed by atoms with van der Waals surface area (Å²) in [6, 6.07) is 0. The standard InChI is InChI=1S/C9H13N5O4/c10-11-5-1-2-6-12-13-9(17)18-14-7(15)3-4-8(14)16/h10H,1-6H2. The lowest BCUT2D eigenvalue weighted by atomic mass is 10.3. The first-order valence-electron chi connectivity index (χ1n) is 5.43. The van der Waals surface area contributed by atoms with Crippen molar-refractivity contribution in [2.75, 3.05) is 13.1 Å². The highest BCUT2D eigenvalue weighted by atomic mass is 16.7. The number of amides is 3. The second-order valence-electron chi connectivity index (χ2n) is 3.49. The minimum Gasteiger partial charge on any atom is -0.308 e. The number of hydroxylamine groups is 2. The molecule has 0 aromatic carbocycles. The maximum atomic E-state index is 11.1. The molecule has 1 rings (SSSR count). The Morgan fingerprint density at radius 3 is 2.44 bits per heavy atom. The number of carbonyl (C=O) groups is 3. The van der Waals surface area contributed by atoms with Crippen LogP contribution in [0.5, 0.6) is 0 Å². The molecule has 1 N–H and O–H groups in total. The molecule has 0 atom stereocenters. The summed E-state index contributed by atoms with van der Waals surface area (Å²) >= 11 is 0. The molecular formula is C9H13N5O4. The van der Waals surface area contributed by atoms with Gasteiger partial charge in [-0.3, -0.25) is 9.59 Å². The smallest absolute Gasteiger partial charge is 0.308 e. The first kappa shape index (κ1) is 13.9. The molecule has 1 aliphatic heterocycles. The largest absolute Gasteiger partial charge is 0.477 e. The molecule has 0 radical (unpaired) electrons. The van der Waals surface area contributed by atoms with Crippen molar-refractivity contribution in [1.29, 1.82) is 5.53 Å². The third kappa shape index (κ3) is 4.36. The highest BCUT2D eigenvalue weighted by Crippen LogP contribution is 2.12. The van der Waals surface area contributed by atoms with Crippen LogP contribution >= 0.6 is 0 Å². The van der Waals surface area contributed by atoms with E-state index in [1.807, 2.05) is 0 Å². The molecule has 1 fully saturated rings. The Hall–Kier alpha value is -2.19. The van der Waals surface area contributed by atoms with Gasteiger partial charge in [0.2, 0.25) is 0 Å². The fourth-order valence-electron chi connectivity index (χ4n) is 1.24. The number of imide groups is 1. The lowest BCUT2D eigenvalue weighted by Gasteiger charge is -2.09. The van der Waals surface area contributed by atoms with Gasteiger partial charge in [-0.15, -0.1) is 5.06 Å². The second kappa shape index (κ2) is 7.20. The Balaban J connectivity index is 2.24. The predicted octanol–water partition coefficient (Wildman–Crippen LogP) is 1.45. The lowest BCUT2D eigenvalue weighted by Crippen LogP contribution is -2.30. The van der Waals surface area contributed by atoms with Crippen molar-refractivity contribution in [3.05, 3.63) is 0 Å². The summed E-state index contributed by atoms with van der Waals surface area (Å²) in [5.74, 6) is -1.11. The third-order valence-electron chi connectivity index (χ3n) is 2.11. The zero-order chi connectivity index (χ0) is 13.4. The van der Waals surface area contributed by atoms with E-state index in [-0.39, 0.29) is 12.8 Å². The Bertz CT molecular complexity index is 365. The van der Waals surface area contributed by atoms with Crippen molar-refractivity contribution >= 4 is 17.9 Å². The molecule has 0 unspecified atom stereocenters. The number of hydrogen-bond acceptors (Lipinski definition) is 7. The number of carbonyl (C=O) groups excluding carboxylic acids is 3. The molecule has 1 aliphatic rings. The normalized spacial score (nSPS) is 15.4. The van der Waals surface area contributed by atoms with Crippen LogP contribution in [-0.2, 0) is 14.4 Å². The third-order valence-corrected chi connectivity index (χ3v) is 2.11. The van der Waals surface area contributed by atoms with Gasteiger partial charge in [-0.1, -0.05) is 5.11 Å². The summed E-state index contributed by atoms with van der Waals surface area (Å²) in [5.41, 5.74) is 6.54. The van der Waals surface area contributed by atoms with E-state index in [0.29, 0.717) is 31.0 Å². The van der Waals surface area contributed by atoms with Crippen molar-refractivity contribution in [3.8, 4) is 0 Å². The molecule has 0 spiro atoms. The predicted molar refractivity (Wildman–Crippen MR) is 56.5 cm³/mol. The van der Waals surface area contributed by atoms with Crippen LogP contribution in [0.3, 0.4) is 0 Å². The van der Waals surface area contributed by atoms with Gasteiger partial charge in [-0.05, 0) is 12.8 Å². The van der Waals surface area contributed by atoms with E-state index in [1.54, 1.807) is 0 Å². The molecule has 0 bridgehead atoms. The maximum Gasteiger partial charge on any atom is 0.477 e. The average Bonchev–Trinajstić information content (AvgIpc) is 2.65. The van der Waals surface area contributed by atoms with Gasteiger partial charge in [0.05, 0.1) is 13.1 Å². The van der Waals surface area contributed by atoms with E-state index in [1.165, 1.54) is 0 Å². The molecule has 1 saturated heterocycles. The summed E-state index contributed by atoms with van der Waals surface area (Å²) in [6.07, 6.45) is 0.310. The van der Waals surface area contributed by atoms with Gasteiger partial charge in [0.25, 0.3) is 11.8 Å². The van der Waals surface area contributed by atoms with Crippen LogP contribution in [0, 0.1) is 5.53 Å². The molecule has 98 valence electrons. The van der Waals surface area contributed by atoms with Crippen LogP contribution in [0.1, 0.15) is 25.7 Å². The molecule has 9 heteroatoms. The highest BCUT2D eigenvalue weighted by molar-refractivity contribution is 6.01. The van der Waals surface area contributed by atoms with Gasteiger partial charge in [0.1, 0.15) is 0 Å². The molecule has 18 heavy (non-hydrogen) atoms. The van der Waals surface area contributed by atoms with E-state index >= 15 is 0 Å². The lowest BCUT2D eigenvalue weighted by molar-refractivity contribution is -0.170. The first-order valence-corrected chi connectivity index (χ1v) is 5.43. The number of hydrogen-bond donors (Lipinski definition) is 1. The van der Waals surface area contributed by atoms with Crippen LogP contribution in [-0.4, -0.2) is 36.1 Å². The van der Waals surface area contributed by atoms with Crippen molar-refractivity contribution in [1.82, 2.24) is 5.06 Å². The van der Waals surface area contributed by atoms with Gasteiger partial charge in [-0.2, -0.15) is 10.2 Å². The summed E-state index contributed by atoms with van der Waals surface area (Å²) in [6.45, 7) is 0.712. The van der Waals surface area contributed by atoms with Crippen molar-refractivity contribution in [3.63, 3.8) is 0 Å². The van der Waals surface area contributed by atoms with Crippen LogP contribution in [0.2, 0.25) is 0 Å². The van der Waals surface area contributed by atoms with Crippen molar-refractivity contribution in [2.45, 2.75) is 25.7 Å². The van der Waals surface area contributed by atoms with Crippen LogP contribution in [0.4, 0.5) is 4.79 Å². The average molecular weight is 255 g/mol. The molecular weight excluding hydrogens is 242 g/mol. The van der Waals surface area contributed by atoms with Gasteiger partial charge in [0, 0.05) is 12.8 Å². The Kier molecular flexibility index (Phi) is 5.55. The molecule has 3 amide bonds. The number of nitrogens with one attached hydrogen (secondary N) is 1. The Morgan fingerprint density at radius 2 is 1.83 bits per heavy atom. The fourth-order valence-corrected chi connectivity index (χ4v) is 1.24. The zero-order valence-corrected chi connectivity index (χ0v) is 9.66. The first-order chi connectivity index (χ1) is 8.65. The molecule has 0 aromatic rings. The maximum absolute atomic E-state index is 11.1. The monoisotopic (exact) mass is 255 g/mol. The molecule has 0 aliphatic carbocycles. The topological polar surface area (TPSA) is 125 Å². The van der Waals surface area contributed by atoms with E-state index in [0.717, 1.165) is 0 Å². The number of nitrogens with zero attached hydrogens (tertiary/aromatic N) is 4. The second-order valence-corrected chi connectivity index (χ2v) is 3.49. The summed E-state index contributed by atoms with van der Waals surface area (Å²) in [4.78, 5) is 37.7. The van der Waals surface area contributed by atoms with Crippen LogP contribution in [0.15, 0.2) is 15.3 Å². The van der Waals surface area contributed by atoms with Crippen LogP contribution < -0.4 is 0 Å². The van der Waals surface area contributed by atoms with Crippen molar-refractivity contribution in [2.24, 2.45) is 15.3 Å². The van der Waals surface area contributed by atoms with E-state index in [9.17, 15) is 14.4 Å². The molecule has 9 nitrogen and oxygen atoms in total. The van der Waals surface area contributed by atoms with Gasteiger partial charge in [0.15, 0.2) is 0 Å².